The Bertz CT molecular complexity index is 627. The van der Waals surface area contributed by atoms with Gasteiger partial charge in [-0.2, -0.15) is 0 Å². The second-order valence-corrected chi connectivity index (χ2v) is 5.60. The largest absolute Gasteiger partial charge is 0.507 e. The van der Waals surface area contributed by atoms with E-state index in [1.165, 1.54) is 0 Å². The SMILES string of the molecule is Oc1ccccc1C=NCCCCCCN=Cc1ccccc1O.[Zn]. The summed E-state index contributed by atoms with van der Waals surface area (Å²) in [6.07, 6.45) is 7.76. The molecule has 128 valence electrons. The zero-order valence-electron chi connectivity index (χ0n) is 14.5. The minimum absolute atomic E-state index is 0. The molecule has 0 radical (unpaired) electrons. The molecule has 0 heterocycles. The van der Waals surface area contributed by atoms with Gasteiger partial charge in [0.25, 0.3) is 0 Å². The Morgan fingerprint density at radius 2 is 1.04 bits per heavy atom. The van der Waals surface area contributed by atoms with Gasteiger partial charge in [-0.05, 0) is 37.1 Å². The molecule has 0 aliphatic heterocycles. The molecule has 2 rings (SSSR count). The number of para-hydroxylation sites is 2. The van der Waals surface area contributed by atoms with Crippen molar-refractivity contribution in [1.82, 2.24) is 0 Å². The Morgan fingerprint density at radius 1 is 0.640 bits per heavy atom. The molecule has 0 aliphatic carbocycles. The van der Waals surface area contributed by atoms with Crippen LogP contribution in [0.15, 0.2) is 58.5 Å². The summed E-state index contributed by atoms with van der Waals surface area (Å²) in [6.45, 7) is 1.55. The van der Waals surface area contributed by atoms with Crippen molar-refractivity contribution < 1.29 is 29.7 Å². The number of aliphatic imine (C=N–C) groups is 2. The van der Waals surface area contributed by atoms with E-state index in [9.17, 15) is 10.2 Å². The van der Waals surface area contributed by atoms with Crippen molar-refractivity contribution in [3.8, 4) is 11.5 Å². The van der Waals surface area contributed by atoms with Crippen molar-refractivity contribution in [3.05, 3.63) is 59.7 Å². The van der Waals surface area contributed by atoms with Gasteiger partial charge in [-0.3, -0.25) is 9.98 Å². The maximum absolute atomic E-state index is 9.61. The predicted octanol–water partition coefficient (Wildman–Crippen LogP) is 4.19. The Labute approximate surface area is 162 Å². The molecule has 2 aromatic rings. The van der Waals surface area contributed by atoms with Crippen LogP contribution in [0.1, 0.15) is 36.8 Å². The maximum Gasteiger partial charge on any atom is 0.124 e. The maximum atomic E-state index is 9.61. The first-order chi connectivity index (χ1) is 11.8. The van der Waals surface area contributed by atoms with Crippen LogP contribution in [0.25, 0.3) is 0 Å². The molecule has 0 saturated carbocycles. The van der Waals surface area contributed by atoms with E-state index in [-0.39, 0.29) is 31.0 Å². The van der Waals surface area contributed by atoms with Crippen molar-refractivity contribution in [2.75, 3.05) is 13.1 Å². The van der Waals surface area contributed by atoms with E-state index in [2.05, 4.69) is 9.98 Å². The molecule has 4 nitrogen and oxygen atoms in total. The van der Waals surface area contributed by atoms with Crippen LogP contribution in [0.5, 0.6) is 11.5 Å². The van der Waals surface area contributed by atoms with E-state index in [0.717, 1.165) is 49.9 Å². The van der Waals surface area contributed by atoms with Gasteiger partial charge in [-0.15, -0.1) is 0 Å². The fourth-order valence-electron chi connectivity index (χ4n) is 2.28. The number of aromatic hydroxyl groups is 2. The van der Waals surface area contributed by atoms with Crippen molar-refractivity contribution >= 4 is 12.4 Å². The summed E-state index contributed by atoms with van der Waals surface area (Å²) >= 11 is 0. The third kappa shape index (κ3) is 8.08. The van der Waals surface area contributed by atoms with Crippen molar-refractivity contribution in [1.29, 1.82) is 0 Å². The summed E-state index contributed by atoms with van der Waals surface area (Å²) in [6, 6.07) is 14.4. The van der Waals surface area contributed by atoms with Gasteiger partial charge in [0.1, 0.15) is 11.5 Å². The second-order valence-electron chi connectivity index (χ2n) is 5.60. The third-order valence-electron chi connectivity index (χ3n) is 3.66. The number of benzene rings is 2. The van der Waals surface area contributed by atoms with Crippen molar-refractivity contribution in [3.63, 3.8) is 0 Å². The van der Waals surface area contributed by atoms with E-state index in [0.29, 0.717) is 0 Å². The number of nitrogens with zero attached hydrogens (tertiary/aromatic N) is 2. The molecule has 0 aliphatic rings. The van der Waals surface area contributed by atoms with Gasteiger partial charge in [0.15, 0.2) is 0 Å². The monoisotopic (exact) mass is 388 g/mol. The van der Waals surface area contributed by atoms with E-state index in [4.69, 9.17) is 0 Å². The Hall–Kier alpha value is -2.00. The van der Waals surface area contributed by atoms with Gasteiger partial charge < -0.3 is 10.2 Å². The van der Waals surface area contributed by atoms with Crippen LogP contribution < -0.4 is 0 Å². The second kappa shape index (κ2) is 12.4. The molecule has 5 heteroatoms. The smallest absolute Gasteiger partial charge is 0.124 e. The molecule has 0 unspecified atom stereocenters. The Balaban J connectivity index is 0.00000312. The first kappa shape index (κ1) is 21.0. The number of hydrogen-bond acceptors (Lipinski definition) is 4. The minimum atomic E-state index is 0. The average molecular weight is 390 g/mol. The summed E-state index contributed by atoms with van der Waals surface area (Å²) in [5, 5.41) is 19.2. The summed E-state index contributed by atoms with van der Waals surface area (Å²) in [4.78, 5) is 8.69. The van der Waals surface area contributed by atoms with Crippen LogP contribution in [0.2, 0.25) is 0 Å². The van der Waals surface area contributed by atoms with E-state index >= 15 is 0 Å². The quantitative estimate of drug-likeness (QED) is 0.383. The molecule has 0 atom stereocenters. The van der Waals surface area contributed by atoms with Gasteiger partial charge >= 0.3 is 0 Å². The molecule has 2 N–H and O–H groups in total. The van der Waals surface area contributed by atoms with Crippen LogP contribution >= 0.6 is 0 Å². The number of hydrogen-bond donors (Lipinski definition) is 2. The van der Waals surface area contributed by atoms with Crippen molar-refractivity contribution in [2.45, 2.75) is 25.7 Å². The molecular weight excluding hydrogens is 366 g/mol. The topological polar surface area (TPSA) is 65.2 Å². The van der Waals surface area contributed by atoms with Crippen LogP contribution in [0.3, 0.4) is 0 Å². The molecule has 0 saturated heterocycles. The first-order valence-corrected chi connectivity index (χ1v) is 8.33. The van der Waals surface area contributed by atoms with Crippen LogP contribution in [-0.4, -0.2) is 35.7 Å². The van der Waals surface area contributed by atoms with Crippen LogP contribution in [0, 0.1) is 0 Å². The van der Waals surface area contributed by atoms with E-state index < -0.39 is 0 Å². The third-order valence-corrected chi connectivity index (χ3v) is 3.66. The van der Waals surface area contributed by atoms with Crippen LogP contribution in [-0.2, 0) is 19.5 Å². The molecular formula is C20H24N2O2Zn. The summed E-state index contributed by atoms with van der Waals surface area (Å²) < 4.78 is 0. The molecule has 0 fully saturated rings. The molecule has 25 heavy (non-hydrogen) atoms. The predicted molar refractivity (Wildman–Crippen MR) is 99.6 cm³/mol. The molecule has 0 amide bonds. The van der Waals surface area contributed by atoms with Gasteiger partial charge in [0, 0.05) is 56.1 Å². The number of phenolic OH excluding ortho intramolecular Hbond substituents is 2. The average Bonchev–Trinajstić information content (AvgIpc) is 2.59. The van der Waals surface area contributed by atoms with Gasteiger partial charge in [0.05, 0.1) is 0 Å². The molecule has 0 bridgehead atoms. The van der Waals surface area contributed by atoms with E-state index in [1.54, 1.807) is 36.7 Å². The first-order valence-electron chi connectivity index (χ1n) is 8.33. The van der Waals surface area contributed by atoms with E-state index in [1.807, 2.05) is 24.3 Å². The van der Waals surface area contributed by atoms with Crippen molar-refractivity contribution in [2.24, 2.45) is 9.98 Å². The normalized spacial score (nSPS) is 11.0. The Kier molecular flexibility index (Phi) is 10.4. The Morgan fingerprint density at radius 3 is 1.44 bits per heavy atom. The minimum Gasteiger partial charge on any atom is -0.507 e. The van der Waals surface area contributed by atoms with Gasteiger partial charge in [-0.25, -0.2) is 0 Å². The summed E-state index contributed by atoms with van der Waals surface area (Å²) in [7, 11) is 0. The standard InChI is InChI=1S/C20H24N2O2.Zn/c23-19-11-5-3-9-17(19)15-21-13-7-1-2-8-14-22-16-18-10-4-6-12-20(18)24;/h3-6,9-12,15-16,23-24H,1-2,7-8,13-14H2;. The van der Waals surface area contributed by atoms with Gasteiger partial charge in [0.2, 0.25) is 0 Å². The summed E-state index contributed by atoms with van der Waals surface area (Å²) in [5.74, 6) is 0.534. The molecule has 2 aromatic carbocycles. The zero-order chi connectivity index (χ0) is 17.0. The molecule has 0 spiro atoms. The zero-order valence-corrected chi connectivity index (χ0v) is 17.5. The van der Waals surface area contributed by atoms with Crippen LogP contribution in [0.4, 0.5) is 0 Å². The molecule has 0 aromatic heterocycles. The number of unbranched alkanes of at least 4 members (excludes halogenated alkanes) is 3. The van der Waals surface area contributed by atoms with Gasteiger partial charge in [-0.1, -0.05) is 37.1 Å². The summed E-state index contributed by atoms with van der Waals surface area (Å²) in [5.41, 5.74) is 1.52. The fraction of sp³-hybridized carbons (Fsp3) is 0.300. The number of phenols is 2. The number of rotatable bonds is 9. The fourth-order valence-corrected chi connectivity index (χ4v) is 2.28.